The SMILES string of the molecule is N#Cc1cc(F)cc(S(=O)(=O)c2sc3c(cc([N+](=O)[O-])c[n+]3[O-])c2Br)c1. The number of aromatic nitrogens is 1. The highest BCUT2D eigenvalue weighted by Gasteiger charge is 2.30. The van der Waals surface area contributed by atoms with E-state index in [1.54, 1.807) is 6.07 Å². The Morgan fingerprint density at radius 2 is 2.00 bits per heavy atom. The Morgan fingerprint density at radius 3 is 2.62 bits per heavy atom. The number of hydrogen-bond acceptors (Lipinski definition) is 7. The summed E-state index contributed by atoms with van der Waals surface area (Å²) in [6.07, 6.45) is 0.720. The average molecular weight is 458 g/mol. The number of pyridine rings is 1. The topological polar surface area (TPSA) is 128 Å². The van der Waals surface area contributed by atoms with Crippen molar-refractivity contribution < 1.29 is 22.5 Å². The van der Waals surface area contributed by atoms with E-state index in [4.69, 9.17) is 5.26 Å². The van der Waals surface area contributed by atoms with Gasteiger partial charge in [-0.25, -0.2) is 12.8 Å². The van der Waals surface area contributed by atoms with Crippen LogP contribution in [0.3, 0.4) is 0 Å². The first-order valence-corrected chi connectivity index (χ1v) is 9.70. The highest BCUT2D eigenvalue weighted by molar-refractivity contribution is 9.10. The van der Waals surface area contributed by atoms with E-state index in [1.165, 1.54) is 0 Å². The summed E-state index contributed by atoms with van der Waals surface area (Å²) >= 11 is 3.63. The molecule has 8 nitrogen and oxygen atoms in total. The number of nitriles is 1. The Labute approximate surface area is 157 Å². The van der Waals surface area contributed by atoms with Crippen molar-refractivity contribution in [2.24, 2.45) is 0 Å². The van der Waals surface area contributed by atoms with Crippen LogP contribution >= 0.6 is 27.3 Å². The van der Waals surface area contributed by atoms with E-state index in [2.05, 4.69) is 15.9 Å². The van der Waals surface area contributed by atoms with Gasteiger partial charge in [0, 0.05) is 6.07 Å². The molecule has 0 radical (unpaired) electrons. The smallest absolute Gasteiger partial charge is 0.334 e. The van der Waals surface area contributed by atoms with Crippen molar-refractivity contribution in [3.05, 3.63) is 61.6 Å². The van der Waals surface area contributed by atoms with Crippen molar-refractivity contribution in [3.63, 3.8) is 0 Å². The number of hydrogen-bond donors (Lipinski definition) is 0. The number of rotatable bonds is 3. The summed E-state index contributed by atoms with van der Waals surface area (Å²) in [6.45, 7) is 0. The van der Waals surface area contributed by atoms with Crippen LogP contribution in [-0.2, 0) is 9.84 Å². The summed E-state index contributed by atoms with van der Waals surface area (Å²) < 4.78 is 39.1. The van der Waals surface area contributed by atoms with E-state index in [0.717, 1.165) is 30.5 Å². The molecule has 26 heavy (non-hydrogen) atoms. The molecule has 3 rings (SSSR count). The van der Waals surface area contributed by atoms with E-state index in [-0.39, 0.29) is 29.2 Å². The number of benzene rings is 1. The first-order valence-electron chi connectivity index (χ1n) is 6.60. The second-order valence-electron chi connectivity index (χ2n) is 4.99. The van der Waals surface area contributed by atoms with Crippen LogP contribution < -0.4 is 4.73 Å². The van der Waals surface area contributed by atoms with Crippen molar-refractivity contribution in [2.45, 2.75) is 9.10 Å². The van der Waals surface area contributed by atoms with E-state index >= 15 is 0 Å². The molecule has 0 unspecified atom stereocenters. The number of thiophene rings is 1. The van der Waals surface area contributed by atoms with Gasteiger partial charge in [-0.3, -0.25) is 10.1 Å². The zero-order chi connectivity index (χ0) is 19.2. The fraction of sp³-hybridized carbons (Fsp3) is 0. The quantitative estimate of drug-likeness (QED) is 0.257. The predicted molar refractivity (Wildman–Crippen MR) is 91.7 cm³/mol. The molecule has 0 aliphatic carbocycles. The van der Waals surface area contributed by atoms with Gasteiger partial charge in [0.25, 0.3) is 11.0 Å². The van der Waals surface area contributed by atoms with Gasteiger partial charge in [0.05, 0.1) is 31.3 Å². The van der Waals surface area contributed by atoms with Crippen LogP contribution in [0.1, 0.15) is 5.56 Å². The van der Waals surface area contributed by atoms with Crippen LogP contribution in [0.4, 0.5) is 10.1 Å². The molecule has 0 fully saturated rings. The maximum absolute atomic E-state index is 13.6. The molecule has 0 saturated heterocycles. The highest BCUT2D eigenvalue weighted by Crippen LogP contribution is 2.40. The molecule has 2 heterocycles. The summed E-state index contributed by atoms with van der Waals surface area (Å²) in [5, 5.41) is 31.8. The fourth-order valence-corrected chi connectivity index (χ4v) is 6.38. The molecular weight excluding hydrogens is 453 g/mol. The van der Waals surface area contributed by atoms with Crippen LogP contribution in [0.25, 0.3) is 10.2 Å². The Kier molecular flexibility index (Phi) is 4.39. The molecule has 0 amide bonds. The molecule has 0 saturated carbocycles. The van der Waals surface area contributed by atoms with Gasteiger partial charge in [-0.1, -0.05) is 11.3 Å². The second kappa shape index (κ2) is 6.27. The van der Waals surface area contributed by atoms with Crippen molar-refractivity contribution in [1.82, 2.24) is 0 Å². The van der Waals surface area contributed by atoms with Gasteiger partial charge in [-0.05, 0) is 34.1 Å². The fourth-order valence-electron chi connectivity index (χ4n) is 2.21. The summed E-state index contributed by atoms with van der Waals surface area (Å²) in [4.78, 5) is 9.58. The van der Waals surface area contributed by atoms with Gasteiger partial charge >= 0.3 is 5.69 Å². The van der Waals surface area contributed by atoms with E-state index < -0.39 is 31.2 Å². The van der Waals surface area contributed by atoms with Gasteiger partial charge in [0.15, 0.2) is 0 Å². The molecule has 132 valence electrons. The van der Waals surface area contributed by atoms with E-state index in [9.17, 15) is 28.1 Å². The summed E-state index contributed by atoms with van der Waals surface area (Å²) in [7, 11) is -4.28. The number of nitro groups is 1. The third kappa shape index (κ3) is 2.90. The first-order chi connectivity index (χ1) is 12.1. The van der Waals surface area contributed by atoms with Crippen molar-refractivity contribution >= 4 is 53.0 Å². The molecule has 0 spiro atoms. The van der Waals surface area contributed by atoms with Crippen LogP contribution in [0, 0.1) is 32.5 Å². The minimum atomic E-state index is -4.28. The van der Waals surface area contributed by atoms with Crippen molar-refractivity contribution in [2.75, 3.05) is 0 Å². The lowest BCUT2D eigenvalue weighted by molar-refractivity contribution is -0.579. The first kappa shape index (κ1) is 18.2. The van der Waals surface area contributed by atoms with Crippen LogP contribution in [0.2, 0.25) is 0 Å². The normalized spacial score (nSPS) is 11.4. The van der Waals surface area contributed by atoms with Crippen LogP contribution in [0.5, 0.6) is 0 Å². The largest absolute Gasteiger partial charge is 0.617 e. The Morgan fingerprint density at radius 1 is 1.31 bits per heavy atom. The molecule has 1 aromatic carbocycles. The molecule has 0 aliphatic heterocycles. The minimum Gasteiger partial charge on any atom is -0.617 e. The molecular formula is C14H5BrFN3O5S2. The number of nitrogens with zero attached hydrogens (tertiary/aromatic N) is 3. The molecule has 0 aliphatic rings. The number of sulfone groups is 1. The lowest BCUT2D eigenvalue weighted by atomic mass is 10.2. The Balaban J connectivity index is 2.30. The molecule has 0 bridgehead atoms. The average Bonchev–Trinajstić information content (AvgIpc) is 2.92. The summed E-state index contributed by atoms with van der Waals surface area (Å²) in [5.41, 5.74) is -0.692. The van der Waals surface area contributed by atoms with E-state index in [1.807, 2.05) is 0 Å². The van der Waals surface area contributed by atoms with Crippen LogP contribution in [0.15, 0.2) is 44.0 Å². The Hall–Kier alpha value is -2.62. The lowest BCUT2D eigenvalue weighted by Gasteiger charge is -2.03. The standard InChI is InChI=1S/C14H5BrFN3O5S2/c15-12-11-4-9(19(21)22)6-18(20)13(11)25-14(12)26(23,24)10-2-7(5-17)1-8(16)3-10/h1-4,6H. The molecule has 0 N–H and O–H groups in total. The molecule has 2 aromatic heterocycles. The third-order valence-electron chi connectivity index (χ3n) is 3.34. The maximum Gasteiger partial charge on any atom is 0.334 e. The summed E-state index contributed by atoms with van der Waals surface area (Å²) in [6, 6.07) is 5.36. The van der Waals surface area contributed by atoms with Gasteiger partial charge in [0.1, 0.15) is 10.0 Å². The zero-order valence-electron chi connectivity index (χ0n) is 12.3. The minimum absolute atomic E-state index is 0.0367. The molecule has 0 atom stereocenters. The summed E-state index contributed by atoms with van der Waals surface area (Å²) in [5.74, 6) is -0.908. The van der Waals surface area contributed by atoms with Gasteiger partial charge in [-0.15, -0.1) is 0 Å². The monoisotopic (exact) mass is 457 g/mol. The highest BCUT2D eigenvalue weighted by atomic mass is 79.9. The Bertz CT molecular complexity index is 1230. The van der Waals surface area contributed by atoms with Gasteiger partial charge in [0.2, 0.25) is 9.84 Å². The van der Waals surface area contributed by atoms with Crippen molar-refractivity contribution in [1.29, 1.82) is 5.26 Å². The van der Waals surface area contributed by atoms with Crippen molar-refractivity contribution in [3.8, 4) is 6.07 Å². The maximum atomic E-state index is 13.6. The number of halogens is 2. The van der Waals surface area contributed by atoms with Crippen LogP contribution in [-0.4, -0.2) is 13.3 Å². The molecule has 12 heteroatoms. The van der Waals surface area contributed by atoms with Gasteiger partial charge < -0.3 is 5.21 Å². The second-order valence-corrected chi connectivity index (χ2v) is 8.93. The lowest BCUT2D eigenvalue weighted by Crippen LogP contribution is -2.25. The van der Waals surface area contributed by atoms with E-state index in [0.29, 0.717) is 11.3 Å². The third-order valence-corrected chi connectivity index (χ3v) is 8.13. The molecule has 3 aromatic rings. The van der Waals surface area contributed by atoms with Gasteiger partial charge in [-0.2, -0.15) is 9.99 Å². The predicted octanol–water partition coefficient (Wildman–Crippen LogP) is 3.05. The zero-order valence-corrected chi connectivity index (χ0v) is 15.6. The number of fused-ring (bicyclic) bond motifs is 1.